The summed E-state index contributed by atoms with van der Waals surface area (Å²) in [7, 11) is 1.88. The van der Waals surface area contributed by atoms with Gasteiger partial charge in [0.15, 0.2) is 0 Å². The van der Waals surface area contributed by atoms with Crippen LogP contribution < -0.4 is 21.5 Å². The van der Waals surface area contributed by atoms with Gasteiger partial charge in [0, 0.05) is 26.3 Å². The maximum atomic E-state index is 5.43. The number of nitrogens with zero attached hydrogens (tertiary/aromatic N) is 6. The highest BCUT2D eigenvalue weighted by molar-refractivity contribution is 5.43. The van der Waals surface area contributed by atoms with Gasteiger partial charge in [-0.05, 0) is 18.9 Å². The number of aromatic nitrogens is 5. The largest absolute Gasteiger partial charge is 0.348 e. The molecular weight excluding hydrogens is 270 g/mol. The fraction of sp³-hybridized carbons (Fsp3) is 0.500. The van der Waals surface area contributed by atoms with Crippen LogP contribution >= 0.6 is 0 Å². The highest BCUT2D eigenvalue weighted by Crippen LogP contribution is 2.18. The first-order valence-corrected chi connectivity index (χ1v) is 6.94. The summed E-state index contributed by atoms with van der Waals surface area (Å²) in [4.78, 5) is 15.1. The third-order valence-electron chi connectivity index (χ3n) is 3.34. The predicted molar refractivity (Wildman–Crippen MR) is 79.6 cm³/mol. The van der Waals surface area contributed by atoms with Gasteiger partial charge in [-0.1, -0.05) is 0 Å². The van der Waals surface area contributed by atoms with E-state index in [2.05, 4.69) is 35.7 Å². The van der Waals surface area contributed by atoms with Crippen molar-refractivity contribution in [3.05, 3.63) is 18.0 Å². The molecule has 0 saturated carbocycles. The summed E-state index contributed by atoms with van der Waals surface area (Å²) in [6.45, 7) is 2.48. The molecule has 21 heavy (non-hydrogen) atoms. The zero-order chi connectivity index (χ0) is 14.7. The number of anilines is 3. The summed E-state index contributed by atoms with van der Waals surface area (Å²) < 4.78 is 1.76. The number of aryl methyl sites for hydroxylation is 1. The fourth-order valence-corrected chi connectivity index (χ4v) is 2.29. The van der Waals surface area contributed by atoms with E-state index in [0.29, 0.717) is 24.4 Å². The van der Waals surface area contributed by atoms with Gasteiger partial charge in [0.1, 0.15) is 0 Å². The molecule has 4 N–H and O–H groups in total. The van der Waals surface area contributed by atoms with Crippen molar-refractivity contribution >= 4 is 17.8 Å². The minimum Gasteiger partial charge on any atom is -0.348 e. The van der Waals surface area contributed by atoms with Gasteiger partial charge in [-0.3, -0.25) is 10.1 Å². The van der Waals surface area contributed by atoms with Gasteiger partial charge in [0.05, 0.1) is 12.2 Å². The zero-order valence-electron chi connectivity index (χ0n) is 12.0. The van der Waals surface area contributed by atoms with Crippen molar-refractivity contribution in [3.8, 4) is 0 Å². The number of nitrogens with one attached hydrogen (secondary N) is 2. The molecule has 2 aromatic heterocycles. The molecule has 112 valence electrons. The average molecular weight is 289 g/mol. The molecule has 2 aromatic rings. The summed E-state index contributed by atoms with van der Waals surface area (Å²) in [6.07, 6.45) is 4.22. The lowest BCUT2D eigenvalue weighted by molar-refractivity contribution is 0.746. The number of hydrogen-bond donors (Lipinski definition) is 3. The smallest absolute Gasteiger partial charge is 0.243 e. The number of nitrogens with two attached hydrogens (primary N) is 1. The topological polar surface area (TPSA) is 110 Å². The Morgan fingerprint density at radius 1 is 1.19 bits per heavy atom. The number of nitrogen functional groups attached to an aromatic ring is 1. The molecule has 9 heteroatoms. The quantitative estimate of drug-likeness (QED) is 0.525. The van der Waals surface area contributed by atoms with Crippen molar-refractivity contribution in [1.82, 2.24) is 24.7 Å². The second-order valence-electron chi connectivity index (χ2n) is 4.96. The SMILES string of the molecule is Cn1ccc(CNc2nc(NN)nc(N3CCCC3)n2)n1. The zero-order valence-corrected chi connectivity index (χ0v) is 12.0. The van der Waals surface area contributed by atoms with Crippen LogP contribution in [0.1, 0.15) is 18.5 Å². The van der Waals surface area contributed by atoms with Crippen molar-refractivity contribution < 1.29 is 0 Å². The summed E-state index contributed by atoms with van der Waals surface area (Å²) >= 11 is 0. The second-order valence-corrected chi connectivity index (χ2v) is 4.96. The lowest BCUT2D eigenvalue weighted by Crippen LogP contribution is -2.23. The molecule has 1 aliphatic heterocycles. The third kappa shape index (κ3) is 3.19. The van der Waals surface area contributed by atoms with Gasteiger partial charge >= 0.3 is 0 Å². The average Bonchev–Trinajstić information content (AvgIpc) is 3.16. The minimum absolute atomic E-state index is 0.357. The van der Waals surface area contributed by atoms with Crippen LogP contribution in [0.4, 0.5) is 17.8 Å². The molecule has 0 aliphatic carbocycles. The molecule has 3 heterocycles. The summed E-state index contributed by atoms with van der Waals surface area (Å²) in [6, 6.07) is 1.94. The molecule has 1 saturated heterocycles. The lowest BCUT2D eigenvalue weighted by Gasteiger charge is -2.16. The first kappa shape index (κ1) is 13.6. The summed E-state index contributed by atoms with van der Waals surface area (Å²) in [5.41, 5.74) is 3.40. The molecule has 3 rings (SSSR count). The van der Waals surface area contributed by atoms with Crippen molar-refractivity contribution in [2.24, 2.45) is 12.9 Å². The fourth-order valence-electron chi connectivity index (χ4n) is 2.29. The van der Waals surface area contributed by atoms with Crippen molar-refractivity contribution in [2.45, 2.75) is 19.4 Å². The van der Waals surface area contributed by atoms with Crippen LogP contribution in [-0.2, 0) is 13.6 Å². The van der Waals surface area contributed by atoms with Gasteiger partial charge in [-0.15, -0.1) is 0 Å². The van der Waals surface area contributed by atoms with E-state index < -0.39 is 0 Å². The Bertz CT molecular complexity index is 603. The van der Waals surface area contributed by atoms with E-state index in [1.807, 2.05) is 19.3 Å². The maximum Gasteiger partial charge on any atom is 0.243 e. The van der Waals surface area contributed by atoms with Crippen LogP contribution in [0.5, 0.6) is 0 Å². The molecule has 0 bridgehead atoms. The summed E-state index contributed by atoms with van der Waals surface area (Å²) in [5.74, 6) is 6.93. The highest BCUT2D eigenvalue weighted by Gasteiger charge is 2.17. The monoisotopic (exact) mass is 289 g/mol. The number of hydrogen-bond acceptors (Lipinski definition) is 8. The summed E-state index contributed by atoms with van der Waals surface area (Å²) in [5, 5.41) is 7.45. The number of hydrazine groups is 1. The van der Waals surface area contributed by atoms with Gasteiger partial charge in [0.2, 0.25) is 17.8 Å². The van der Waals surface area contributed by atoms with Crippen LogP contribution in [0, 0.1) is 0 Å². The molecule has 9 nitrogen and oxygen atoms in total. The molecule has 0 aromatic carbocycles. The molecule has 0 spiro atoms. The molecule has 0 radical (unpaired) electrons. The Kier molecular flexibility index (Phi) is 3.82. The van der Waals surface area contributed by atoms with Crippen molar-refractivity contribution in [3.63, 3.8) is 0 Å². The highest BCUT2D eigenvalue weighted by atomic mass is 15.4. The standard InChI is InChI=1S/C12H19N9/c1-20-7-4-9(19-20)8-14-10-15-11(18-13)17-12(16-10)21-5-2-3-6-21/h4,7H,2-3,5-6,8,13H2,1H3,(H2,14,15,16,17,18). The van der Waals surface area contributed by atoms with E-state index in [1.54, 1.807) is 4.68 Å². The Hall–Kier alpha value is -2.42. The Balaban J connectivity index is 1.75. The van der Waals surface area contributed by atoms with Crippen LogP contribution in [0.3, 0.4) is 0 Å². The van der Waals surface area contributed by atoms with Crippen LogP contribution in [0.2, 0.25) is 0 Å². The van der Waals surface area contributed by atoms with E-state index in [1.165, 1.54) is 0 Å². The maximum absolute atomic E-state index is 5.43. The molecule has 1 fully saturated rings. The van der Waals surface area contributed by atoms with Crippen LogP contribution in [-0.4, -0.2) is 37.8 Å². The van der Waals surface area contributed by atoms with Gasteiger partial charge in [-0.25, -0.2) is 5.84 Å². The molecule has 0 atom stereocenters. The molecule has 1 aliphatic rings. The van der Waals surface area contributed by atoms with E-state index in [4.69, 9.17) is 5.84 Å². The molecule has 0 unspecified atom stereocenters. The van der Waals surface area contributed by atoms with Gasteiger partial charge in [-0.2, -0.15) is 20.1 Å². The van der Waals surface area contributed by atoms with E-state index in [9.17, 15) is 0 Å². The lowest BCUT2D eigenvalue weighted by atomic mass is 10.4. The molecule has 0 amide bonds. The third-order valence-corrected chi connectivity index (χ3v) is 3.34. The van der Waals surface area contributed by atoms with E-state index in [0.717, 1.165) is 31.6 Å². The Morgan fingerprint density at radius 3 is 2.62 bits per heavy atom. The van der Waals surface area contributed by atoms with Crippen molar-refractivity contribution in [1.29, 1.82) is 0 Å². The van der Waals surface area contributed by atoms with Crippen molar-refractivity contribution in [2.75, 3.05) is 28.7 Å². The second kappa shape index (κ2) is 5.92. The Morgan fingerprint density at radius 2 is 1.95 bits per heavy atom. The van der Waals surface area contributed by atoms with Crippen LogP contribution in [0.15, 0.2) is 12.3 Å². The number of rotatable bonds is 5. The van der Waals surface area contributed by atoms with Crippen LogP contribution in [0.25, 0.3) is 0 Å². The molecular formula is C12H19N9. The van der Waals surface area contributed by atoms with Gasteiger partial charge < -0.3 is 10.2 Å². The minimum atomic E-state index is 0.357. The normalized spacial score (nSPS) is 14.5. The van der Waals surface area contributed by atoms with Gasteiger partial charge in [0.25, 0.3) is 0 Å². The van der Waals surface area contributed by atoms with E-state index in [-0.39, 0.29) is 0 Å². The predicted octanol–water partition coefficient (Wildman–Crippen LogP) is 0.103. The first-order valence-electron chi connectivity index (χ1n) is 6.94. The first-order chi connectivity index (χ1) is 10.2. The van der Waals surface area contributed by atoms with E-state index >= 15 is 0 Å². The Labute approximate surface area is 122 Å².